The summed E-state index contributed by atoms with van der Waals surface area (Å²) in [5.41, 5.74) is 2.71. The molecule has 2 aromatic carbocycles. The Morgan fingerprint density at radius 1 is 1.24 bits per heavy atom. The molecule has 0 aliphatic carbocycles. The smallest absolute Gasteiger partial charge is 0.337 e. The highest BCUT2D eigenvalue weighted by molar-refractivity contribution is 6.03. The number of hydrogen-bond acceptors (Lipinski definition) is 4. The molecule has 0 saturated carbocycles. The zero-order valence-corrected chi connectivity index (χ0v) is 11.3. The maximum Gasteiger partial charge on any atom is 0.337 e. The highest BCUT2D eigenvalue weighted by atomic mass is 16.5. The van der Waals surface area contributed by atoms with Crippen LogP contribution in [0.2, 0.25) is 0 Å². The maximum absolute atomic E-state index is 11.8. The molecule has 0 saturated heterocycles. The van der Waals surface area contributed by atoms with E-state index in [0.717, 1.165) is 21.9 Å². The van der Waals surface area contributed by atoms with Crippen molar-refractivity contribution in [1.29, 1.82) is 5.26 Å². The van der Waals surface area contributed by atoms with Crippen LogP contribution in [0.3, 0.4) is 0 Å². The Bertz CT molecular complexity index is 858. The summed E-state index contributed by atoms with van der Waals surface area (Å²) in [6.07, 6.45) is 3.18. The Labute approximate surface area is 121 Å². The zero-order valence-electron chi connectivity index (χ0n) is 11.3. The van der Waals surface area contributed by atoms with Gasteiger partial charge in [0.2, 0.25) is 0 Å². The molecular formula is C17H11NO3. The first kappa shape index (κ1) is 12.9. The summed E-state index contributed by atoms with van der Waals surface area (Å²) in [5, 5.41) is 10.8. The Morgan fingerprint density at radius 3 is 2.76 bits per heavy atom. The zero-order chi connectivity index (χ0) is 14.8. The third-order valence-corrected chi connectivity index (χ3v) is 3.34. The van der Waals surface area contributed by atoms with E-state index in [9.17, 15) is 4.79 Å². The van der Waals surface area contributed by atoms with Gasteiger partial charge >= 0.3 is 5.97 Å². The van der Waals surface area contributed by atoms with Crippen LogP contribution in [-0.4, -0.2) is 13.1 Å². The first-order valence-corrected chi connectivity index (χ1v) is 6.31. The number of ether oxygens (including phenoxy) is 1. The highest BCUT2D eigenvalue weighted by Crippen LogP contribution is 2.31. The number of fused-ring (bicyclic) bond motifs is 1. The van der Waals surface area contributed by atoms with Crippen LogP contribution in [0.1, 0.15) is 15.9 Å². The second-order valence-electron chi connectivity index (χ2n) is 4.58. The van der Waals surface area contributed by atoms with E-state index in [1.165, 1.54) is 7.11 Å². The van der Waals surface area contributed by atoms with E-state index >= 15 is 0 Å². The molecule has 0 unspecified atom stereocenters. The molecule has 0 N–H and O–H groups in total. The summed E-state index contributed by atoms with van der Waals surface area (Å²) in [4.78, 5) is 11.8. The molecule has 1 heterocycles. The fourth-order valence-corrected chi connectivity index (χ4v) is 2.32. The molecule has 0 aliphatic rings. The first-order chi connectivity index (χ1) is 10.2. The SMILES string of the molecule is COC(=O)c1cc(-c2ccoc2)c2cc(C#N)ccc2c1. The second kappa shape index (κ2) is 5.14. The van der Waals surface area contributed by atoms with Crippen molar-refractivity contribution in [2.75, 3.05) is 7.11 Å². The lowest BCUT2D eigenvalue weighted by Gasteiger charge is -2.08. The van der Waals surface area contributed by atoms with Crippen LogP contribution < -0.4 is 0 Å². The van der Waals surface area contributed by atoms with Crippen molar-refractivity contribution >= 4 is 16.7 Å². The van der Waals surface area contributed by atoms with Gasteiger partial charge in [0.05, 0.1) is 36.8 Å². The third kappa shape index (κ3) is 2.26. The van der Waals surface area contributed by atoms with E-state index in [4.69, 9.17) is 14.4 Å². The van der Waals surface area contributed by atoms with Crippen LogP contribution in [0.25, 0.3) is 21.9 Å². The van der Waals surface area contributed by atoms with Gasteiger partial charge in [-0.3, -0.25) is 0 Å². The van der Waals surface area contributed by atoms with Crippen molar-refractivity contribution in [1.82, 2.24) is 0 Å². The van der Waals surface area contributed by atoms with E-state index in [-0.39, 0.29) is 0 Å². The van der Waals surface area contributed by atoms with Crippen molar-refractivity contribution in [2.45, 2.75) is 0 Å². The van der Waals surface area contributed by atoms with Crippen LogP contribution >= 0.6 is 0 Å². The van der Waals surface area contributed by atoms with Crippen molar-refractivity contribution in [2.24, 2.45) is 0 Å². The molecule has 0 amide bonds. The number of rotatable bonds is 2. The van der Waals surface area contributed by atoms with Crippen molar-refractivity contribution in [3.8, 4) is 17.2 Å². The van der Waals surface area contributed by atoms with Crippen LogP contribution in [-0.2, 0) is 4.74 Å². The average Bonchev–Trinajstić information content (AvgIpc) is 3.06. The minimum atomic E-state index is -0.397. The van der Waals surface area contributed by atoms with E-state index in [1.807, 2.05) is 12.1 Å². The molecule has 4 heteroatoms. The summed E-state index contributed by atoms with van der Waals surface area (Å²) in [6.45, 7) is 0. The summed E-state index contributed by atoms with van der Waals surface area (Å²) >= 11 is 0. The number of hydrogen-bond donors (Lipinski definition) is 0. The van der Waals surface area contributed by atoms with Gasteiger partial charge in [0.25, 0.3) is 0 Å². The average molecular weight is 277 g/mol. The van der Waals surface area contributed by atoms with Crippen molar-refractivity contribution in [3.63, 3.8) is 0 Å². The number of carbonyl (C=O) groups excluding carboxylic acids is 1. The molecule has 21 heavy (non-hydrogen) atoms. The highest BCUT2D eigenvalue weighted by Gasteiger charge is 2.13. The van der Waals surface area contributed by atoms with E-state index in [1.54, 1.807) is 36.8 Å². The predicted octanol–water partition coefficient (Wildman–Crippen LogP) is 3.76. The molecular weight excluding hydrogens is 266 g/mol. The molecule has 0 bridgehead atoms. The molecule has 102 valence electrons. The largest absolute Gasteiger partial charge is 0.472 e. The Hall–Kier alpha value is -3.06. The molecule has 3 rings (SSSR count). The van der Waals surface area contributed by atoms with E-state index < -0.39 is 5.97 Å². The van der Waals surface area contributed by atoms with Gasteiger partial charge in [-0.15, -0.1) is 0 Å². The van der Waals surface area contributed by atoms with Gasteiger partial charge in [-0.25, -0.2) is 4.79 Å². The molecule has 3 aromatic rings. The standard InChI is InChI=1S/C17H11NO3/c1-20-17(19)14-7-12-3-2-11(9-18)6-15(12)16(8-14)13-4-5-21-10-13/h2-8,10H,1H3. The number of nitrogens with zero attached hydrogens (tertiary/aromatic N) is 1. The van der Waals surface area contributed by atoms with Gasteiger partial charge in [0.15, 0.2) is 0 Å². The lowest BCUT2D eigenvalue weighted by Crippen LogP contribution is -2.01. The maximum atomic E-state index is 11.8. The minimum Gasteiger partial charge on any atom is -0.472 e. The molecule has 1 aromatic heterocycles. The normalized spacial score (nSPS) is 10.3. The van der Waals surface area contributed by atoms with Crippen LogP contribution in [0.5, 0.6) is 0 Å². The predicted molar refractivity (Wildman–Crippen MR) is 77.7 cm³/mol. The lowest BCUT2D eigenvalue weighted by atomic mass is 9.96. The molecule has 0 radical (unpaired) electrons. The molecule has 0 atom stereocenters. The number of benzene rings is 2. The van der Waals surface area contributed by atoms with Gasteiger partial charge < -0.3 is 9.15 Å². The number of nitriles is 1. The molecule has 0 aliphatic heterocycles. The molecule has 4 nitrogen and oxygen atoms in total. The Balaban J connectivity index is 2.34. The number of carbonyl (C=O) groups is 1. The van der Waals surface area contributed by atoms with Crippen LogP contribution in [0.4, 0.5) is 0 Å². The quantitative estimate of drug-likeness (QED) is 0.669. The van der Waals surface area contributed by atoms with Crippen LogP contribution in [0, 0.1) is 11.3 Å². The van der Waals surface area contributed by atoms with Crippen molar-refractivity contribution in [3.05, 3.63) is 60.1 Å². The van der Waals surface area contributed by atoms with E-state index in [2.05, 4.69) is 6.07 Å². The second-order valence-corrected chi connectivity index (χ2v) is 4.58. The Kier molecular flexibility index (Phi) is 3.17. The van der Waals surface area contributed by atoms with E-state index in [0.29, 0.717) is 11.1 Å². The summed E-state index contributed by atoms with van der Waals surface area (Å²) in [7, 11) is 1.35. The van der Waals surface area contributed by atoms with Gasteiger partial charge in [0, 0.05) is 5.56 Å². The van der Waals surface area contributed by atoms with Gasteiger partial charge in [-0.05, 0) is 46.7 Å². The lowest BCUT2D eigenvalue weighted by molar-refractivity contribution is 0.0601. The third-order valence-electron chi connectivity index (χ3n) is 3.34. The monoisotopic (exact) mass is 277 g/mol. The van der Waals surface area contributed by atoms with Gasteiger partial charge in [-0.1, -0.05) is 6.07 Å². The topological polar surface area (TPSA) is 63.2 Å². The first-order valence-electron chi connectivity index (χ1n) is 6.31. The van der Waals surface area contributed by atoms with Gasteiger partial charge in [0.1, 0.15) is 0 Å². The number of furan rings is 1. The van der Waals surface area contributed by atoms with Gasteiger partial charge in [-0.2, -0.15) is 5.26 Å². The summed E-state index contributed by atoms with van der Waals surface area (Å²) in [6, 6.07) is 12.8. The molecule has 0 fully saturated rings. The fourth-order valence-electron chi connectivity index (χ4n) is 2.32. The fraction of sp³-hybridized carbons (Fsp3) is 0.0588. The van der Waals surface area contributed by atoms with Crippen molar-refractivity contribution < 1.29 is 13.9 Å². The van der Waals surface area contributed by atoms with Crippen LogP contribution in [0.15, 0.2) is 53.3 Å². The Morgan fingerprint density at radius 2 is 2.10 bits per heavy atom. The molecule has 0 spiro atoms. The minimum absolute atomic E-state index is 0.397. The summed E-state index contributed by atoms with van der Waals surface area (Å²) in [5.74, 6) is -0.397. The number of esters is 1. The number of methoxy groups -OCH3 is 1. The summed E-state index contributed by atoms with van der Waals surface area (Å²) < 4.78 is 9.91.